The number of benzene rings is 2. The molecule has 0 saturated heterocycles. The maximum absolute atomic E-state index is 13.1. The summed E-state index contributed by atoms with van der Waals surface area (Å²) in [5.74, 6) is -0.0236. The van der Waals surface area contributed by atoms with Crippen LogP contribution in [0.1, 0.15) is 32.8 Å². The van der Waals surface area contributed by atoms with E-state index in [0.717, 1.165) is 5.56 Å². The number of halogens is 2. The van der Waals surface area contributed by atoms with Gasteiger partial charge in [-0.25, -0.2) is 0 Å². The molecule has 0 saturated carbocycles. The van der Waals surface area contributed by atoms with E-state index >= 15 is 0 Å². The molecule has 0 aliphatic carbocycles. The van der Waals surface area contributed by atoms with Gasteiger partial charge >= 0.3 is 0 Å². The smallest absolute Gasteiger partial charge is 0.261 e. The highest BCUT2D eigenvalue weighted by molar-refractivity contribution is 6.31. The van der Waals surface area contributed by atoms with Crippen LogP contribution in [0.2, 0.25) is 10.0 Å². The van der Waals surface area contributed by atoms with Gasteiger partial charge in [-0.3, -0.25) is 9.59 Å². The molecule has 2 aromatic carbocycles. The molecule has 5 nitrogen and oxygen atoms in total. The summed E-state index contributed by atoms with van der Waals surface area (Å²) in [7, 11) is 0. The number of nitrogens with one attached hydrogen (secondary N) is 1. The van der Waals surface area contributed by atoms with Crippen molar-refractivity contribution in [1.29, 1.82) is 0 Å². The monoisotopic (exact) mass is 436 g/mol. The standard InChI is InChI=1S/C22H26Cl2N2O3/c1-4-20(22(28)25-15(2)3)26(13-16-8-5-6-11-19(16)24)21(27)14-29-18-10-7-9-17(23)12-18/h5-12,15,20H,4,13-14H2,1-3H3,(H,25,28). The zero-order valence-corrected chi connectivity index (χ0v) is 18.3. The molecule has 1 unspecified atom stereocenters. The summed E-state index contributed by atoms with van der Waals surface area (Å²) in [4.78, 5) is 27.3. The molecule has 156 valence electrons. The largest absolute Gasteiger partial charge is 0.484 e. The summed E-state index contributed by atoms with van der Waals surface area (Å²) < 4.78 is 5.61. The minimum atomic E-state index is -0.635. The summed E-state index contributed by atoms with van der Waals surface area (Å²) in [6, 6.07) is 13.4. The van der Waals surface area contributed by atoms with E-state index in [2.05, 4.69) is 5.32 Å². The zero-order chi connectivity index (χ0) is 21.4. The first-order chi connectivity index (χ1) is 13.8. The molecule has 1 atom stereocenters. The Balaban J connectivity index is 2.23. The van der Waals surface area contributed by atoms with E-state index in [1.807, 2.05) is 39.0 Å². The first-order valence-corrected chi connectivity index (χ1v) is 10.3. The Kier molecular flexibility index (Phi) is 8.80. The van der Waals surface area contributed by atoms with Gasteiger partial charge in [0.05, 0.1) is 0 Å². The van der Waals surface area contributed by atoms with E-state index in [1.54, 1.807) is 30.3 Å². The number of ether oxygens (including phenoxy) is 1. The number of carbonyl (C=O) groups excluding carboxylic acids is 2. The van der Waals surface area contributed by atoms with Crippen LogP contribution in [-0.2, 0) is 16.1 Å². The zero-order valence-electron chi connectivity index (χ0n) is 16.8. The van der Waals surface area contributed by atoms with Crippen molar-refractivity contribution in [3.63, 3.8) is 0 Å². The highest BCUT2D eigenvalue weighted by Gasteiger charge is 2.29. The van der Waals surface area contributed by atoms with Crippen molar-refractivity contribution in [3.8, 4) is 5.75 Å². The van der Waals surface area contributed by atoms with Crippen LogP contribution in [0.25, 0.3) is 0 Å². The number of nitrogens with zero attached hydrogens (tertiary/aromatic N) is 1. The Labute approximate surface area is 181 Å². The van der Waals surface area contributed by atoms with Gasteiger partial charge in [-0.1, -0.05) is 54.4 Å². The third kappa shape index (κ3) is 6.94. The molecule has 2 amide bonds. The lowest BCUT2D eigenvalue weighted by Crippen LogP contribution is -2.51. The predicted octanol–water partition coefficient (Wildman–Crippen LogP) is 4.70. The van der Waals surface area contributed by atoms with Gasteiger partial charge in [0.15, 0.2) is 6.61 Å². The van der Waals surface area contributed by atoms with E-state index in [9.17, 15) is 9.59 Å². The fourth-order valence-electron chi connectivity index (χ4n) is 2.90. The van der Waals surface area contributed by atoms with Crippen LogP contribution in [0, 0.1) is 0 Å². The molecule has 0 bridgehead atoms. The number of hydrogen-bond donors (Lipinski definition) is 1. The summed E-state index contributed by atoms with van der Waals surface area (Å²) in [5, 5.41) is 3.95. The van der Waals surface area contributed by atoms with E-state index in [-0.39, 0.29) is 31.0 Å². The molecule has 1 N–H and O–H groups in total. The van der Waals surface area contributed by atoms with E-state index in [1.165, 1.54) is 4.90 Å². The quantitative estimate of drug-likeness (QED) is 0.619. The van der Waals surface area contributed by atoms with Gasteiger partial charge in [0.2, 0.25) is 5.91 Å². The maximum Gasteiger partial charge on any atom is 0.261 e. The van der Waals surface area contributed by atoms with Gasteiger partial charge in [-0.05, 0) is 50.1 Å². The maximum atomic E-state index is 13.1. The molecule has 0 spiro atoms. The van der Waals surface area contributed by atoms with Gasteiger partial charge in [0, 0.05) is 22.6 Å². The second kappa shape index (κ2) is 11.1. The minimum absolute atomic E-state index is 0.0310. The third-order valence-electron chi connectivity index (χ3n) is 4.27. The molecule has 29 heavy (non-hydrogen) atoms. The van der Waals surface area contributed by atoms with E-state index in [0.29, 0.717) is 22.2 Å². The van der Waals surface area contributed by atoms with Crippen LogP contribution in [0.15, 0.2) is 48.5 Å². The van der Waals surface area contributed by atoms with Gasteiger partial charge < -0.3 is 15.0 Å². The lowest BCUT2D eigenvalue weighted by Gasteiger charge is -2.31. The number of carbonyl (C=O) groups is 2. The Morgan fingerprint density at radius 3 is 2.45 bits per heavy atom. The lowest BCUT2D eigenvalue weighted by atomic mass is 10.1. The number of hydrogen-bond acceptors (Lipinski definition) is 3. The average Bonchev–Trinajstić information content (AvgIpc) is 2.67. The Hall–Kier alpha value is -2.24. The van der Waals surface area contributed by atoms with E-state index in [4.69, 9.17) is 27.9 Å². The van der Waals surface area contributed by atoms with Crippen LogP contribution in [0.3, 0.4) is 0 Å². The Morgan fingerprint density at radius 2 is 1.83 bits per heavy atom. The molecule has 0 fully saturated rings. The molecule has 0 aromatic heterocycles. The number of rotatable bonds is 9. The van der Waals surface area contributed by atoms with Crippen LogP contribution in [0.5, 0.6) is 5.75 Å². The van der Waals surface area contributed by atoms with Crippen molar-refractivity contribution in [2.75, 3.05) is 6.61 Å². The predicted molar refractivity (Wildman–Crippen MR) is 116 cm³/mol. The van der Waals surface area contributed by atoms with Crippen LogP contribution in [-0.4, -0.2) is 35.4 Å². The van der Waals surface area contributed by atoms with Gasteiger partial charge in [0.25, 0.3) is 5.91 Å². The molecule has 0 aliphatic heterocycles. The highest BCUT2D eigenvalue weighted by atomic mass is 35.5. The number of amides is 2. The van der Waals surface area contributed by atoms with E-state index < -0.39 is 6.04 Å². The average molecular weight is 437 g/mol. The molecular weight excluding hydrogens is 411 g/mol. The molecule has 0 radical (unpaired) electrons. The van der Waals surface area contributed by atoms with Crippen molar-refractivity contribution < 1.29 is 14.3 Å². The van der Waals surface area contributed by atoms with Gasteiger partial charge in [0.1, 0.15) is 11.8 Å². The van der Waals surface area contributed by atoms with Crippen LogP contribution >= 0.6 is 23.2 Å². The minimum Gasteiger partial charge on any atom is -0.484 e. The third-order valence-corrected chi connectivity index (χ3v) is 4.88. The first-order valence-electron chi connectivity index (χ1n) is 9.53. The van der Waals surface area contributed by atoms with Crippen molar-refractivity contribution in [3.05, 3.63) is 64.1 Å². The van der Waals surface area contributed by atoms with Gasteiger partial charge in [-0.2, -0.15) is 0 Å². The van der Waals surface area contributed by atoms with Crippen molar-refractivity contribution in [2.45, 2.75) is 45.8 Å². The summed E-state index contributed by atoms with van der Waals surface area (Å²) >= 11 is 12.3. The molecule has 7 heteroatoms. The normalized spacial score (nSPS) is 11.8. The van der Waals surface area contributed by atoms with Crippen molar-refractivity contribution in [1.82, 2.24) is 10.2 Å². The lowest BCUT2D eigenvalue weighted by molar-refractivity contribution is -0.143. The Bertz CT molecular complexity index is 842. The van der Waals surface area contributed by atoms with Gasteiger partial charge in [-0.15, -0.1) is 0 Å². The second-order valence-corrected chi connectivity index (χ2v) is 7.79. The fraction of sp³-hybridized carbons (Fsp3) is 0.364. The SMILES string of the molecule is CCC(C(=O)NC(C)C)N(Cc1ccccc1Cl)C(=O)COc1cccc(Cl)c1. The Morgan fingerprint density at radius 1 is 1.10 bits per heavy atom. The summed E-state index contributed by atoms with van der Waals surface area (Å²) in [6.07, 6.45) is 0.464. The molecule has 2 rings (SSSR count). The summed E-state index contributed by atoms with van der Waals surface area (Å²) in [5.41, 5.74) is 0.765. The molecule has 2 aromatic rings. The topological polar surface area (TPSA) is 58.6 Å². The fourth-order valence-corrected chi connectivity index (χ4v) is 3.27. The molecular formula is C22H26Cl2N2O3. The van der Waals surface area contributed by atoms with Crippen LogP contribution < -0.4 is 10.1 Å². The van der Waals surface area contributed by atoms with Crippen molar-refractivity contribution in [2.24, 2.45) is 0 Å². The van der Waals surface area contributed by atoms with Crippen LogP contribution in [0.4, 0.5) is 0 Å². The summed E-state index contributed by atoms with van der Waals surface area (Å²) in [6.45, 7) is 5.63. The highest BCUT2D eigenvalue weighted by Crippen LogP contribution is 2.21. The molecule has 0 aliphatic rings. The van der Waals surface area contributed by atoms with Crippen molar-refractivity contribution >= 4 is 35.0 Å². The molecule has 0 heterocycles. The first kappa shape index (κ1) is 23.0. The second-order valence-electron chi connectivity index (χ2n) is 6.95.